The molecule has 46 heavy (non-hydrogen) atoms. The largest absolute Gasteiger partial charge is 0.261 e. The molecule has 7 unspecified atom stereocenters. The SMILES string of the molecule is C=C1CCC2CC(CCCCCC[CH2][Al]([CH2]CCCCCCC(C)CC(C)CC)[CH2]CCCCCCC(C)CC(C)CC)CCC12. The van der Waals surface area contributed by atoms with E-state index in [4.69, 9.17) is 0 Å². The lowest BCUT2D eigenvalue weighted by Crippen LogP contribution is -2.21. The molecule has 0 saturated heterocycles. The highest BCUT2D eigenvalue weighted by molar-refractivity contribution is 6.58. The van der Waals surface area contributed by atoms with Gasteiger partial charge in [-0.25, -0.2) is 0 Å². The highest BCUT2D eigenvalue weighted by Gasteiger charge is 2.35. The second-order valence-corrected chi connectivity index (χ2v) is 21.3. The van der Waals surface area contributed by atoms with Crippen LogP contribution in [0.3, 0.4) is 0 Å². The molecule has 0 aromatic rings. The molecule has 7 atom stereocenters. The minimum Gasteiger partial charge on any atom is -0.0996 e. The van der Waals surface area contributed by atoms with E-state index in [9.17, 15) is 0 Å². The van der Waals surface area contributed by atoms with Crippen LogP contribution in [0.5, 0.6) is 0 Å². The van der Waals surface area contributed by atoms with Gasteiger partial charge in [0.15, 0.2) is 0 Å². The lowest BCUT2D eigenvalue weighted by molar-refractivity contribution is 0.213. The Morgan fingerprint density at radius 3 is 1.52 bits per heavy atom. The van der Waals surface area contributed by atoms with Crippen molar-refractivity contribution in [2.45, 2.75) is 231 Å². The van der Waals surface area contributed by atoms with Crippen LogP contribution in [-0.4, -0.2) is 14.1 Å². The van der Waals surface area contributed by atoms with E-state index in [2.05, 4.69) is 48.1 Å². The van der Waals surface area contributed by atoms with E-state index in [-0.39, 0.29) is 0 Å². The van der Waals surface area contributed by atoms with Crippen molar-refractivity contribution in [1.29, 1.82) is 0 Å². The zero-order chi connectivity index (χ0) is 33.4. The molecule has 0 radical (unpaired) electrons. The molecule has 2 aliphatic rings. The van der Waals surface area contributed by atoms with Gasteiger partial charge in [-0.2, -0.15) is 0 Å². The maximum Gasteiger partial charge on any atom is 0.261 e. The second kappa shape index (κ2) is 27.1. The van der Waals surface area contributed by atoms with Gasteiger partial charge in [0.2, 0.25) is 0 Å². The molecule has 0 aromatic heterocycles. The zero-order valence-electron chi connectivity index (χ0n) is 33.0. The number of allylic oxidation sites excluding steroid dienone is 1. The lowest BCUT2D eigenvalue weighted by atomic mass is 9.73. The van der Waals surface area contributed by atoms with Gasteiger partial charge in [-0.05, 0) is 86.4 Å². The van der Waals surface area contributed by atoms with Gasteiger partial charge in [-0.1, -0.05) is 198 Å². The maximum absolute atomic E-state index is 4.37. The Kier molecular flexibility index (Phi) is 25.0. The summed E-state index contributed by atoms with van der Waals surface area (Å²) in [6, 6.07) is 0. The van der Waals surface area contributed by atoms with Crippen molar-refractivity contribution in [3.8, 4) is 0 Å². The molecule has 2 fully saturated rings. The number of unbranched alkanes of at least 4 members (excludes halogenated alkanes) is 12. The van der Waals surface area contributed by atoms with Gasteiger partial charge in [0.25, 0.3) is 14.1 Å². The van der Waals surface area contributed by atoms with Gasteiger partial charge in [0, 0.05) is 0 Å². The molecule has 0 bridgehead atoms. The number of hydrogen-bond acceptors (Lipinski definition) is 0. The summed E-state index contributed by atoms with van der Waals surface area (Å²) in [5.41, 5.74) is 1.60. The van der Waals surface area contributed by atoms with E-state index < -0.39 is 14.1 Å². The van der Waals surface area contributed by atoms with Crippen LogP contribution in [-0.2, 0) is 0 Å². The van der Waals surface area contributed by atoms with Crippen molar-refractivity contribution in [3.05, 3.63) is 12.2 Å². The van der Waals surface area contributed by atoms with E-state index in [1.165, 1.54) is 154 Å². The summed E-state index contributed by atoms with van der Waals surface area (Å²) >= 11 is -0.530. The Balaban J connectivity index is 1.56. The summed E-state index contributed by atoms with van der Waals surface area (Å²) in [4.78, 5) is 0. The fourth-order valence-electron chi connectivity index (χ4n) is 9.72. The van der Waals surface area contributed by atoms with E-state index in [0.29, 0.717) is 0 Å². The predicted octanol–water partition coefficient (Wildman–Crippen LogP) is 16.0. The Bertz CT molecular complexity index is 680. The third-order valence-corrected chi connectivity index (χ3v) is 17.0. The first-order valence-electron chi connectivity index (χ1n) is 22.0. The van der Waals surface area contributed by atoms with Gasteiger partial charge in [0.05, 0.1) is 0 Å². The number of hydrogen-bond donors (Lipinski definition) is 0. The third kappa shape index (κ3) is 20.1. The molecule has 0 nitrogen and oxygen atoms in total. The Hall–Kier alpha value is 0.272. The van der Waals surface area contributed by atoms with Crippen molar-refractivity contribution in [2.24, 2.45) is 41.4 Å². The van der Waals surface area contributed by atoms with Gasteiger partial charge >= 0.3 is 0 Å². The molecule has 2 rings (SSSR count). The van der Waals surface area contributed by atoms with Crippen LogP contribution in [0.1, 0.15) is 215 Å². The van der Waals surface area contributed by atoms with Crippen LogP contribution in [0.25, 0.3) is 0 Å². The normalized spacial score (nSPS) is 22.5. The average Bonchev–Trinajstić information content (AvgIpc) is 3.42. The summed E-state index contributed by atoms with van der Waals surface area (Å²) in [6.45, 7) is 18.9. The molecule has 0 aliphatic heterocycles. The molecular weight excluding hydrogens is 567 g/mol. The fraction of sp³-hybridized carbons (Fsp3) is 0.956. The molecule has 2 aliphatic carbocycles. The quantitative estimate of drug-likeness (QED) is 0.0411. The van der Waals surface area contributed by atoms with E-state index in [1.807, 2.05) is 0 Å². The first-order valence-corrected chi connectivity index (χ1v) is 24.4. The van der Waals surface area contributed by atoms with Crippen LogP contribution >= 0.6 is 0 Å². The standard InChI is InChI=1S/C17H29.2C14H29.Al/c1-3-4-5-6-7-8-15-10-12-17-14(2)9-11-16(17)13-15;2*1-5-7-8-9-10-11-14(4)12-13(3)6-2;/h15-17H,1-13H2;2*13-14H,1,5-12H2,2-4H3;. The van der Waals surface area contributed by atoms with Crippen molar-refractivity contribution in [1.82, 2.24) is 0 Å². The van der Waals surface area contributed by atoms with Crippen LogP contribution in [0.4, 0.5) is 0 Å². The van der Waals surface area contributed by atoms with Crippen molar-refractivity contribution >= 4 is 14.1 Å². The lowest BCUT2D eigenvalue weighted by Gasteiger charge is -2.32. The Morgan fingerprint density at radius 1 is 0.565 bits per heavy atom. The molecule has 270 valence electrons. The third-order valence-electron chi connectivity index (χ3n) is 13.3. The Labute approximate surface area is 297 Å². The first-order chi connectivity index (χ1) is 22.3. The summed E-state index contributed by atoms with van der Waals surface area (Å²) in [7, 11) is 0. The molecule has 0 heterocycles. The summed E-state index contributed by atoms with van der Waals surface area (Å²) in [6.07, 6.45) is 40.1. The molecule has 0 N–H and O–H groups in total. The summed E-state index contributed by atoms with van der Waals surface area (Å²) in [5, 5.41) is 4.98. The fourth-order valence-corrected chi connectivity index (χ4v) is 13.2. The van der Waals surface area contributed by atoms with Crippen LogP contribution in [0.2, 0.25) is 15.8 Å². The summed E-state index contributed by atoms with van der Waals surface area (Å²) in [5.74, 6) is 6.69. The van der Waals surface area contributed by atoms with E-state index in [0.717, 1.165) is 41.4 Å². The highest BCUT2D eigenvalue weighted by Crippen LogP contribution is 2.47. The van der Waals surface area contributed by atoms with Crippen molar-refractivity contribution < 1.29 is 0 Å². The van der Waals surface area contributed by atoms with Gasteiger partial charge in [-0.3, -0.25) is 0 Å². The molecule has 0 aromatic carbocycles. The topological polar surface area (TPSA) is 0 Å². The number of fused-ring (bicyclic) bond motifs is 1. The predicted molar refractivity (Wildman–Crippen MR) is 212 cm³/mol. The van der Waals surface area contributed by atoms with Gasteiger partial charge < -0.3 is 0 Å². The average molecular weight is 655 g/mol. The molecule has 1 heteroatoms. The van der Waals surface area contributed by atoms with Crippen LogP contribution < -0.4 is 0 Å². The molecule has 0 amide bonds. The minimum absolute atomic E-state index is 0.530. The highest BCUT2D eigenvalue weighted by atomic mass is 27.2. The van der Waals surface area contributed by atoms with E-state index >= 15 is 0 Å². The van der Waals surface area contributed by atoms with Gasteiger partial charge in [0.1, 0.15) is 0 Å². The molecule has 0 spiro atoms. The van der Waals surface area contributed by atoms with Crippen LogP contribution in [0, 0.1) is 41.4 Å². The second-order valence-electron chi connectivity index (χ2n) is 17.9. The monoisotopic (exact) mass is 655 g/mol. The van der Waals surface area contributed by atoms with Crippen molar-refractivity contribution in [3.63, 3.8) is 0 Å². The molecule has 2 saturated carbocycles. The summed E-state index contributed by atoms with van der Waals surface area (Å²) < 4.78 is 0. The van der Waals surface area contributed by atoms with Crippen LogP contribution in [0.15, 0.2) is 12.2 Å². The first kappa shape index (κ1) is 42.4. The van der Waals surface area contributed by atoms with Gasteiger partial charge in [-0.15, -0.1) is 0 Å². The minimum atomic E-state index is -0.530. The smallest absolute Gasteiger partial charge is 0.0996 e. The van der Waals surface area contributed by atoms with E-state index in [1.54, 1.807) is 40.7 Å². The number of rotatable bonds is 30. The maximum atomic E-state index is 4.37. The van der Waals surface area contributed by atoms with Crippen molar-refractivity contribution in [2.75, 3.05) is 0 Å². The molecular formula is C45H87Al. The Morgan fingerprint density at radius 2 is 1.02 bits per heavy atom. The zero-order valence-corrected chi connectivity index (χ0v) is 34.2.